The highest BCUT2D eigenvalue weighted by atomic mass is 35.5. The Morgan fingerprint density at radius 3 is 2.68 bits per heavy atom. The minimum absolute atomic E-state index is 0.273. The number of nitrogen functional groups attached to an aromatic ring is 1. The summed E-state index contributed by atoms with van der Waals surface area (Å²) in [6, 6.07) is 14.9. The predicted molar refractivity (Wildman–Crippen MR) is 76.0 cm³/mol. The van der Waals surface area contributed by atoms with Crippen molar-refractivity contribution in [3.63, 3.8) is 0 Å². The number of rotatable bonds is 4. The number of benzene rings is 2. The maximum absolute atomic E-state index is 8.72. The average Bonchev–Trinajstić information content (AvgIpc) is 2.41. The molecule has 96 valence electrons. The lowest BCUT2D eigenvalue weighted by Crippen LogP contribution is -1.99. The Kier molecular flexibility index (Phi) is 4.27. The lowest BCUT2D eigenvalue weighted by atomic mass is 10.1. The van der Waals surface area contributed by atoms with Crippen LogP contribution in [0.25, 0.3) is 0 Å². The van der Waals surface area contributed by atoms with E-state index in [2.05, 4.69) is 6.07 Å². The van der Waals surface area contributed by atoms with E-state index >= 15 is 0 Å². The number of anilines is 1. The summed E-state index contributed by atoms with van der Waals surface area (Å²) < 4.78 is 5.67. The smallest absolute Gasteiger partial charge is 0.120 e. The number of hydrogen-bond donors (Lipinski definition) is 1. The molecule has 0 heterocycles. The normalized spacial score (nSPS) is 9.89. The fraction of sp³-hybridized carbons (Fsp3) is 0.133. The summed E-state index contributed by atoms with van der Waals surface area (Å²) in [5.41, 5.74) is 8.08. The summed E-state index contributed by atoms with van der Waals surface area (Å²) in [6.07, 6.45) is 0.273. The molecule has 0 radical (unpaired) electrons. The van der Waals surface area contributed by atoms with E-state index in [9.17, 15) is 0 Å². The first-order valence-corrected chi connectivity index (χ1v) is 6.20. The molecule has 0 aliphatic rings. The Hall–Kier alpha value is -2.18. The molecule has 4 heteroatoms. The first kappa shape index (κ1) is 13.3. The van der Waals surface area contributed by atoms with E-state index < -0.39 is 0 Å². The summed E-state index contributed by atoms with van der Waals surface area (Å²) in [6.45, 7) is 0.385. The van der Waals surface area contributed by atoms with Crippen molar-refractivity contribution in [3.8, 4) is 11.8 Å². The molecule has 0 aromatic heterocycles. The van der Waals surface area contributed by atoms with E-state index in [0.717, 1.165) is 11.1 Å². The molecule has 0 atom stereocenters. The number of hydrogen-bond acceptors (Lipinski definition) is 3. The SMILES string of the molecule is N#CCc1cc(OCc2ccccc2Cl)ccc1N. The molecule has 0 spiro atoms. The highest BCUT2D eigenvalue weighted by Gasteiger charge is 2.04. The fourth-order valence-electron chi connectivity index (χ4n) is 1.69. The largest absolute Gasteiger partial charge is 0.489 e. The average molecular weight is 273 g/mol. The van der Waals surface area contributed by atoms with Crippen LogP contribution in [0.1, 0.15) is 11.1 Å². The topological polar surface area (TPSA) is 59.0 Å². The molecule has 2 N–H and O–H groups in total. The molecule has 2 aromatic rings. The molecular formula is C15H13ClN2O. The highest BCUT2D eigenvalue weighted by Crippen LogP contribution is 2.22. The van der Waals surface area contributed by atoms with E-state index in [0.29, 0.717) is 23.1 Å². The molecule has 0 aliphatic carbocycles. The first-order valence-electron chi connectivity index (χ1n) is 5.82. The third-order valence-electron chi connectivity index (χ3n) is 2.74. The Morgan fingerprint density at radius 2 is 1.95 bits per heavy atom. The lowest BCUT2D eigenvalue weighted by molar-refractivity contribution is 0.306. The maximum Gasteiger partial charge on any atom is 0.120 e. The van der Waals surface area contributed by atoms with Crippen molar-refractivity contribution in [3.05, 3.63) is 58.6 Å². The monoisotopic (exact) mass is 272 g/mol. The highest BCUT2D eigenvalue weighted by molar-refractivity contribution is 6.31. The Balaban J connectivity index is 2.10. The van der Waals surface area contributed by atoms with Gasteiger partial charge < -0.3 is 10.5 Å². The van der Waals surface area contributed by atoms with Gasteiger partial charge >= 0.3 is 0 Å². The maximum atomic E-state index is 8.72. The second kappa shape index (κ2) is 6.12. The summed E-state index contributed by atoms with van der Waals surface area (Å²) in [7, 11) is 0. The summed E-state index contributed by atoms with van der Waals surface area (Å²) in [4.78, 5) is 0. The molecule has 3 nitrogen and oxygen atoms in total. The zero-order valence-corrected chi connectivity index (χ0v) is 11.0. The van der Waals surface area contributed by atoms with Gasteiger partial charge in [-0.15, -0.1) is 0 Å². The molecule has 2 rings (SSSR count). The van der Waals surface area contributed by atoms with Crippen molar-refractivity contribution < 1.29 is 4.74 Å². The van der Waals surface area contributed by atoms with Crippen LogP contribution in [0.3, 0.4) is 0 Å². The predicted octanol–water partition coefficient (Wildman–Crippen LogP) is 3.57. The minimum atomic E-state index is 0.273. The van der Waals surface area contributed by atoms with Crippen LogP contribution in [0, 0.1) is 11.3 Å². The van der Waals surface area contributed by atoms with Crippen LogP contribution in [0.4, 0.5) is 5.69 Å². The van der Waals surface area contributed by atoms with E-state index in [1.165, 1.54) is 0 Å². The second-order valence-electron chi connectivity index (χ2n) is 4.08. The molecule has 0 unspecified atom stereocenters. The molecule has 19 heavy (non-hydrogen) atoms. The van der Waals surface area contributed by atoms with Gasteiger partial charge in [0.2, 0.25) is 0 Å². The van der Waals surface area contributed by atoms with Gasteiger partial charge in [-0.05, 0) is 29.8 Å². The molecule has 0 saturated carbocycles. The lowest BCUT2D eigenvalue weighted by Gasteiger charge is -2.09. The summed E-state index contributed by atoms with van der Waals surface area (Å²) in [5.74, 6) is 0.680. The van der Waals surface area contributed by atoms with E-state index in [1.807, 2.05) is 24.3 Å². The fourth-order valence-corrected chi connectivity index (χ4v) is 1.88. The quantitative estimate of drug-likeness (QED) is 0.866. The van der Waals surface area contributed by atoms with Crippen LogP contribution >= 0.6 is 11.6 Å². The third-order valence-corrected chi connectivity index (χ3v) is 3.10. The number of halogens is 1. The van der Waals surface area contributed by atoms with E-state index in [4.69, 9.17) is 27.3 Å². The van der Waals surface area contributed by atoms with Crippen molar-refractivity contribution in [1.82, 2.24) is 0 Å². The van der Waals surface area contributed by atoms with Crippen LogP contribution in [-0.4, -0.2) is 0 Å². The third kappa shape index (κ3) is 3.40. The van der Waals surface area contributed by atoms with Gasteiger partial charge in [0.05, 0.1) is 12.5 Å². The van der Waals surface area contributed by atoms with Crippen LogP contribution in [0.2, 0.25) is 5.02 Å². The van der Waals surface area contributed by atoms with Gasteiger partial charge in [0.1, 0.15) is 12.4 Å². The van der Waals surface area contributed by atoms with Crippen molar-refractivity contribution in [2.75, 3.05) is 5.73 Å². The molecule has 0 fully saturated rings. The van der Waals surface area contributed by atoms with Gasteiger partial charge in [0, 0.05) is 16.3 Å². The zero-order valence-electron chi connectivity index (χ0n) is 10.3. The van der Waals surface area contributed by atoms with Crippen molar-refractivity contribution in [1.29, 1.82) is 5.26 Å². The van der Waals surface area contributed by atoms with Gasteiger partial charge in [-0.1, -0.05) is 29.8 Å². The second-order valence-corrected chi connectivity index (χ2v) is 4.48. The number of ether oxygens (including phenoxy) is 1. The number of nitrogens with zero attached hydrogens (tertiary/aromatic N) is 1. The van der Waals surface area contributed by atoms with Gasteiger partial charge in [0.25, 0.3) is 0 Å². The molecule has 0 bridgehead atoms. The molecule has 0 aliphatic heterocycles. The van der Waals surface area contributed by atoms with E-state index in [1.54, 1.807) is 18.2 Å². The Bertz CT molecular complexity index is 620. The molecule has 0 saturated heterocycles. The van der Waals surface area contributed by atoms with Crippen LogP contribution in [0.5, 0.6) is 5.75 Å². The standard InChI is InChI=1S/C15H13ClN2O/c16-14-4-2-1-3-12(14)10-19-13-5-6-15(18)11(9-13)7-8-17/h1-6,9H,7,10,18H2. The van der Waals surface area contributed by atoms with Crippen molar-refractivity contribution >= 4 is 17.3 Å². The van der Waals surface area contributed by atoms with Crippen LogP contribution in [-0.2, 0) is 13.0 Å². The van der Waals surface area contributed by atoms with Crippen LogP contribution in [0.15, 0.2) is 42.5 Å². The van der Waals surface area contributed by atoms with Gasteiger partial charge in [-0.2, -0.15) is 5.26 Å². The number of nitrogens with two attached hydrogens (primary N) is 1. The Morgan fingerprint density at radius 1 is 1.16 bits per heavy atom. The van der Waals surface area contributed by atoms with Crippen molar-refractivity contribution in [2.45, 2.75) is 13.0 Å². The first-order chi connectivity index (χ1) is 9.20. The molecule has 0 amide bonds. The van der Waals surface area contributed by atoms with E-state index in [-0.39, 0.29) is 6.42 Å². The molecule has 2 aromatic carbocycles. The minimum Gasteiger partial charge on any atom is -0.489 e. The molecular weight excluding hydrogens is 260 g/mol. The Labute approximate surface area is 117 Å². The zero-order chi connectivity index (χ0) is 13.7. The van der Waals surface area contributed by atoms with Crippen LogP contribution < -0.4 is 10.5 Å². The summed E-state index contributed by atoms with van der Waals surface area (Å²) in [5, 5.41) is 9.39. The summed E-state index contributed by atoms with van der Waals surface area (Å²) >= 11 is 6.05. The van der Waals surface area contributed by atoms with Gasteiger partial charge in [0.15, 0.2) is 0 Å². The number of nitriles is 1. The van der Waals surface area contributed by atoms with Gasteiger partial charge in [-0.25, -0.2) is 0 Å². The van der Waals surface area contributed by atoms with Crippen molar-refractivity contribution in [2.24, 2.45) is 0 Å². The van der Waals surface area contributed by atoms with Gasteiger partial charge in [-0.3, -0.25) is 0 Å².